The third-order valence-electron chi connectivity index (χ3n) is 9.12. The Balaban J connectivity index is 0.000000177. The fraction of sp³-hybridized carbons (Fsp3) is 0.150. The summed E-state index contributed by atoms with van der Waals surface area (Å²) >= 11 is 11.8. The second-order valence-electron chi connectivity index (χ2n) is 12.7. The molecular formula is C40H32Cl2F2N8O6. The highest BCUT2D eigenvalue weighted by molar-refractivity contribution is 6.30. The number of fused-ring (bicyclic) bond motifs is 2. The maximum Gasteiger partial charge on any atom is 0.333 e. The average molecular weight is 830 g/mol. The number of rotatable bonds is 9. The van der Waals surface area contributed by atoms with Crippen LogP contribution in [-0.2, 0) is 19.6 Å². The molecule has 0 atom stereocenters. The van der Waals surface area contributed by atoms with Crippen molar-refractivity contribution in [1.29, 1.82) is 0 Å². The molecule has 0 aliphatic carbocycles. The van der Waals surface area contributed by atoms with Crippen molar-refractivity contribution in [2.45, 2.75) is 26.6 Å². The lowest BCUT2D eigenvalue weighted by atomic mass is 10.2. The van der Waals surface area contributed by atoms with Gasteiger partial charge >= 0.3 is 23.4 Å². The van der Waals surface area contributed by atoms with E-state index < -0.39 is 34.1 Å². The quantitative estimate of drug-likeness (QED) is 0.188. The minimum atomic E-state index is -0.598. The zero-order valence-corrected chi connectivity index (χ0v) is 32.5. The van der Waals surface area contributed by atoms with Crippen LogP contribution in [-0.4, -0.2) is 52.0 Å². The fourth-order valence-corrected chi connectivity index (χ4v) is 6.59. The number of imidazole rings is 2. The van der Waals surface area contributed by atoms with E-state index in [1.807, 2.05) is 0 Å². The Hall–Kier alpha value is -6.78. The highest BCUT2D eigenvalue weighted by atomic mass is 35.5. The number of aromatic amines is 1. The van der Waals surface area contributed by atoms with Crippen molar-refractivity contribution >= 4 is 45.5 Å². The molecule has 0 saturated carbocycles. The van der Waals surface area contributed by atoms with Gasteiger partial charge < -0.3 is 9.47 Å². The number of aryl methyl sites for hydroxylation is 1. The molecule has 0 radical (unpaired) electrons. The minimum absolute atomic E-state index is 0.0538. The van der Waals surface area contributed by atoms with E-state index in [1.54, 1.807) is 55.5 Å². The van der Waals surface area contributed by atoms with Crippen molar-refractivity contribution in [1.82, 2.24) is 37.8 Å². The Morgan fingerprint density at radius 1 is 0.603 bits per heavy atom. The van der Waals surface area contributed by atoms with Crippen LogP contribution in [0.5, 0.6) is 12.0 Å². The third kappa shape index (κ3) is 7.54. The predicted molar refractivity (Wildman–Crippen MR) is 215 cm³/mol. The molecule has 296 valence electrons. The smallest absolute Gasteiger partial charge is 0.333 e. The Bertz CT molecular complexity index is 3030. The number of nitrogens with one attached hydrogen (secondary N) is 1. The van der Waals surface area contributed by atoms with Crippen LogP contribution in [0.4, 0.5) is 8.78 Å². The maximum atomic E-state index is 13.4. The van der Waals surface area contributed by atoms with Crippen LogP contribution in [0.15, 0.2) is 116 Å². The van der Waals surface area contributed by atoms with Crippen LogP contribution in [0.2, 0.25) is 10.0 Å². The van der Waals surface area contributed by atoms with E-state index in [1.165, 1.54) is 76.5 Å². The van der Waals surface area contributed by atoms with Crippen molar-refractivity contribution in [3.05, 3.63) is 172 Å². The van der Waals surface area contributed by atoms with E-state index in [0.717, 1.165) is 20.3 Å². The number of ether oxygens (including phenoxy) is 2. The lowest BCUT2D eigenvalue weighted by Gasteiger charge is -2.12. The highest BCUT2D eigenvalue weighted by Crippen LogP contribution is 2.25. The van der Waals surface area contributed by atoms with E-state index in [2.05, 4.69) is 15.0 Å². The van der Waals surface area contributed by atoms with Gasteiger partial charge in [-0.3, -0.25) is 37.4 Å². The summed E-state index contributed by atoms with van der Waals surface area (Å²) < 4.78 is 43.9. The number of aromatic nitrogens is 8. The van der Waals surface area contributed by atoms with E-state index >= 15 is 0 Å². The van der Waals surface area contributed by atoms with Gasteiger partial charge in [-0.2, -0.15) is 9.97 Å². The van der Waals surface area contributed by atoms with Crippen molar-refractivity contribution in [2.75, 3.05) is 14.2 Å². The van der Waals surface area contributed by atoms with Gasteiger partial charge in [-0.1, -0.05) is 47.5 Å². The molecule has 0 amide bonds. The summed E-state index contributed by atoms with van der Waals surface area (Å²) in [7, 11) is 2.81. The molecule has 0 aliphatic rings. The summed E-state index contributed by atoms with van der Waals surface area (Å²) in [6, 6.07) is 25.1. The second kappa shape index (κ2) is 16.4. The van der Waals surface area contributed by atoms with Crippen LogP contribution < -0.4 is 32.0 Å². The van der Waals surface area contributed by atoms with Crippen LogP contribution in [0, 0.1) is 11.6 Å². The Morgan fingerprint density at radius 2 is 1.05 bits per heavy atom. The minimum Gasteiger partial charge on any atom is -0.468 e. The summed E-state index contributed by atoms with van der Waals surface area (Å²) in [5, 5.41) is 1.12. The molecule has 0 aliphatic heterocycles. The van der Waals surface area contributed by atoms with Gasteiger partial charge in [-0.05, 0) is 90.8 Å². The molecule has 18 heteroatoms. The van der Waals surface area contributed by atoms with Crippen molar-refractivity contribution in [3.63, 3.8) is 0 Å². The van der Waals surface area contributed by atoms with Gasteiger partial charge in [-0.15, -0.1) is 0 Å². The molecule has 8 rings (SSSR count). The second-order valence-corrected chi connectivity index (χ2v) is 13.6. The average Bonchev–Trinajstić information content (AvgIpc) is 3.79. The molecule has 0 saturated heterocycles. The number of hydrogen-bond donors (Lipinski definition) is 1. The molecule has 58 heavy (non-hydrogen) atoms. The first-order valence-electron chi connectivity index (χ1n) is 17.5. The van der Waals surface area contributed by atoms with Crippen LogP contribution in [0.3, 0.4) is 0 Å². The first-order valence-corrected chi connectivity index (χ1v) is 18.3. The van der Waals surface area contributed by atoms with E-state index in [4.69, 9.17) is 32.7 Å². The number of H-pyrrole nitrogens is 1. The van der Waals surface area contributed by atoms with Crippen LogP contribution in [0.1, 0.15) is 18.1 Å². The molecule has 0 spiro atoms. The number of benzene rings is 4. The van der Waals surface area contributed by atoms with E-state index in [9.17, 15) is 28.0 Å². The zero-order valence-electron chi connectivity index (χ0n) is 31.0. The molecule has 4 aromatic heterocycles. The topological polar surface area (TPSA) is 153 Å². The Kier molecular flexibility index (Phi) is 11.1. The zero-order chi connectivity index (χ0) is 41.2. The number of nitrogens with zero attached hydrogens (tertiary/aromatic N) is 7. The molecule has 1 N–H and O–H groups in total. The highest BCUT2D eigenvalue weighted by Gasteiger charge is 2.23. The number of halogens is 4. The number of hydrogen-bond acceptors (Lipinski definition) is 8. The summed E-state index contributed by atoms with van der Waals surface area (Å²) in [5.41, 5.74) is 0.904. The van der Waals surface area contributed by atoms with E-state index in [0.29, 0.717) is 28.0 Å². The molecule has 0 fully saturated rings. The molecule has 4 aromatic carbocycles. The van der Waals surface area contributed by atoms with Gasteiger partial charge in [0, 0.05) is 16.6 Å². The summed E-state index contributed by atoms with van der Waals surface area (Å²) in [4.78, 5) is 63.2. The van der Waals surface area contributed by atoms with Gasteiger partial charge in [0.05, 0.1) is 38.7 Å². The van der Waals surface area contributed by atoms with Crippen molar-refractivity contribution in [2.24, 2.45) is 0 Å². The molecule has 4 heterocycles. The summed E-state index contributed by atoms with van der Waals surface area (Å²) in [6.07, 6.45) is 0. The monoisotopic (exact) mass is 828 g/mol. The van der Waals surface area contributed by atoms with E-state index in [-0.39, 0.29) is 47.4 Å². The number of methoxy groups -OCH3 is 2. The van der Waals surface area contributed by atoms with Gasteiger partial charge in [0.2, 0.25) is 0 Å². The molecular weight excluding hydrogens is 797 g/mol. The Labute approximate surface area is 336 Å². The lowest BCUT2D eigenvalue weighted by Crippen LogP contribution is -2.40. The van der Waals surface area contributed by atoms with Gasteiger partial charge in [-0.25, -0.2) is 18.4 Å². The first-order chi connectivity index (χ1) is 27.9. The van der Waals surface area contributed by atoms with Crippen molar-refractivity contribution in [3.8, 4) is 23.4 Å². The van der Waals surface area contributed by atoms with Crippen LogP contribution >= 0.6 is 23.2 Å². The largest absolute Gasteiger partial charge is 0.468 e. The SMILES string of the molecule is CCn1c(=O)n(Cc2ccc(Cl)cc2)c(=O)c2c1nc(OC)n2-c1ccc(F)cc1.COc1nc2[nH]c(=O)n(Cc3ccc(Cl)cc3)c(=O)c2n1-c1ccc(F)cc1. The third-order valence-corrected chi connectivity index (χ3v) is 9.62. The molecule has 14 nitrogen and oxygen atoms in total. The van der Waals surface area contributed by atoms with Crippen LogP contribution in [0.25, 0.3) is 33.7 Å². The summed E-state index contributed by atoms with van der Waals surface area (Å²) in [5.74, 6) is -0.826. The molecule has 8 aromatic rings. The molecule has 0 unspecified atom stereocenters. The Morgan fingerprint density at radius 3 is 1.53 bits per heavy atom. The van der Waals surface area contributed by atoms with Gasteiger partial charge in [0.15, 0.2) is 22.3 Å². The standard InChI is InChI=1S/C21H18ClFN4O3.C19H14ClFN4O3/c1-3-25-18-17(27(20(24-18)30-2)16-10-8-15(23)9-11-16)19(28)26(21(25)29)12-13-4-6-14(22)7-5-13;1-28-19-23-16-15(25(19)14-8-6-13(21)7-9-14)17(26)24(18(27)22-16)10-11-2-4-12(20)5-3-11/h4-11H,3,12H2,1-2H3;2-9H,10H2,1H3,(H,22,27). The maximum absolute atomic E-state index is 13.4. The first kappa shape index (κ1) is 39.5. The normalized spacial score (nSPS) is 11.2. The molecule has 0 bridgehead atoms. The fourth-order valence-electron chi connectivity index (χ4n) is 6.34. The van der Waals surface area contributed by atoms with Crippen molar-refractivity contribution < 1.29 is 18.3 Å². The van der Waals surface area contributed by atoms with Gasteiger partial charge in [0.1, 0.15) is 11.6 Å². The predicted octanol–water partition coefficient (Wildman–Crippen LogP) is 5.94. The van der Waals surface area contributed by atoms with Gasteiger partial charge in [0.25, 0.3) is 11.1 Å². The summed E-state index contributed by atoms with van der Waals surface area (Å²) in [6.45, 7) is 2.22. The lowest BCUT2D eigenvalue weighted by molar-refractivity contribution is 0.375.